The van der Waals surface area contributed by atoms with Gasteiger partial charge in [0.25, 0.3) is 0 Å². The Morgan fingerprint density at radius 1 is 1.00 bits per heavy atom. The quantitative estimate of drug-likeness (QED) is 0.487. The molecule has 0 fully saturated rings. The van der Waals surface area contributed by atoms with Crippen LogP contribution in [-0.2, 0) is 0 Å². The van der Waals surface area contributed by atoms with Crippen LogP contribution in [0.5, 0.6) is 28.7 Å². The van der Waals surface area contributed by atoms with E-state index in [1.807, 2.05) is 0 Å². The number of hydrogen-bond donors (Lipinski definition) is 1. The summed E-state index contributed by atoms with van der Waals surface area (Å²) in [5.74, 6) is -0.460. The average Bonchev–Trinajstić information content (AvgIpc) is 2.72. The summed E-state index contributed by atoms with van der Waals surface area (Å²) in [7, 11) is 5.28. The fourth-order valence-corrected chi connectivity index (χ4v) is 3.04. The molecule has 0 aliphatic carbocycles. The molecule has 0 atom stereocenters. The molecule has 2 aromatic carbocycles. The second-order valence-electron chi connectivity index (χ2n) is 5.77. The SMILES string of the molecule is COc1ccc(-c2coc3c(OC)c(OC)c(OC)c(O)c3c2=O)cc1[N+](=O)[O-]. The molecule has 1 N–H and O–H groups in total. The smallest absolute Gasteiger partial charge is 0.311 e. The van der Waals surface area contributed by atoms with Crippen molar-refractivity contribution in [2.75, 3.05) is 28.4 Å². The highest BCUT2D eigenvalue weighted by molar-refractivity contribution is 5.96. The van der Waals surface area contributed by atoms with Gasteiger partial charge in [-0.05, 0) is 17.7 Å². The highest BCUT2D eigenvalue weighted by atomic mass is 16.6. The van der Waals surface area contributed by atoms with E-state index in [0.717, 1.165) is 6.26 Å². The van der Waals surface area contributed by atoms with E-state index in [-0.39, 0.29) is 50.8 Å². The summed E-state index contributed by atoms with van der Waals surface area (Å²) in [6, 6.07) is 4.02. The van der Waals surface area contributed by atoms with Gasteiger partial charge in [-0.1, -0.05) is 0 Å². The lowest BCUT2D eigenvalue weighted by molar-refractivity contribution is -0.385. The van der Waals surface area contributed by atoms with Gasteiger partial charge in [0.2, 0.25) is 22.7 Å². The molecule has 0 aliphatic heterocycles. The Hall–Kier alpha value is -3.95. The van der Waals surface area contributed by atoms with Crippen LogP contribution >= 0.6 is 0 Å². The molecule has 3 rings (SSSR count). The summed E-state index contributed by atoms with van der Waals surface area (Å²) < 4.78 is 26.2. The largest absolute Gasteiger partial charge is 0.504 e. The number of nitrogens with zero attached hydrogens (tertiary/aromatic N) is 1. The van der Waals surface area contributed by atoms with Crippen LogP contribution in [0.3, 0.4) is 0 Å². The first kappa shape index (κ1) is 19.8. The van der Waals surface area contributed by atoms with Crippen LogP contribution < -0.4 is 24.4 Å². The van der Waals surface area contributed by atoms with Crippen molar-refractivity contribution in [3.63, 3.8) is 0 Å². The Morgan fingerprint density at radius 3 is 2.21 bits per heavy atom. The summed E-state index contributed by atoms with van der Waals surface area (Å²) >= 11 is 0. The van der Waals surface area contributed by atoms with Crippen LogP contribution in [0, 0.1) is 10.1 Å². The molecule has 0 saturated heterocycles. The number of fused-ring (bicyclic) bond motifs is 1. The molecule has 0 radical (unpaired) electrons. The number of methoxy groups -OCH3 is 4. The van der Waals surface area contributed by atoms with Crippen LogP contribution in [0.15, 0.2) is 33.7 Å². The number of nitro benzene ring substituents is 1. The van der Waals surface area contributed by atoms with Crippen molar-refractivity contribution >= 4 is 16.7 Å². The zero-order valence-electron chi connectivity index (χ0n) is 16.0. The molecule has 1 aromatic heterocycles. The number of phenolic OH excluding ortho intramolecular Hbond substituents is 1. The third-order valence-electron chi connectivity index (χ3n) is 4.36. The summed E-state index contributed by atoms with van der Waals surface area (Å²) in [5.41, 5.74) is -0.811. The Balaban J connectivity index is 2.38. The van der Waals surface area contributed by atoms with E-state index in [1.165, 1.54) is 46.6 Å². The van der Waals surface area contributed by atoms with Gasteiger partial charge in [-0.15, -0.1) is 0 Å². The molecule has 1 heterocycles. The molecule has 29 heavy (non-hydrogen) atoms. The molecule has 152 valence electrons. The maximum atomic E-state index is 13.1. The number of hydrogen-bond acceptors (Lipinski definition) is 9. The molecule has 0 spiro atoms. The fourth-order valence-electron chi connectivity index (χ4n) is 3.04. The first-order valence-electron chi connectivity index (χ1n) is 8.18. The van der Waals surface area contributed by atoms with Crippen molar-refractivity contribution in [3.8, 4) is 39.9 Å². The molecular weight excluding hydrogens is 386 g/mol. The van der Waals surface area contributed by atoms with E-state index in [4.69, 9.17) is 23.4 Å². The summed E-state index contributed by atoms with van der Waals surface area (Å²) in [6.45, 7) is 0. The molecule has 0 bridgehead atoms. The molecular formula is C19H17NO9. The zero-order chi connectivity index (χ0) is 21.3. The summed E-state index contributed by atoms with van der Waals surface area (Å²) in [4.78, 5) is 23.8. The molecule has 0 saturated carbocycles. The Labute approximate surface area is 163 Å². The number of ether oxygens (including phenoxy) is 4. The summed E-state index contributed by atoms with van der Waals surface area (Å²) in [5, 5.41) is 21.7. The van der Waals surface area contributed by atoms with E-state index < -0.39 is 16.1 Å². The van der Waals surface area contributed by atoms with E-state index in [9.17, 15) is 20.0 Å². The number of aromatic hydroxyl groups is 1. The van der Waals surface area contributed by atoms with E-state index in [1.54, 1.807) is 0 Å². The fraction of sp³-hybridized carbons (Fsp3) is 0.211. The molecule has 0 unspecified atom stereocenters. The van der Waals surface area contributed by atoms with Gasteiger partial charge in [-0.25, -0.2) is 0 Å². The highest BCUT2D eigenvalue weighted by Crippen LogP contribution is 2.49. The van der Waals surface area contributed by atoms with Gasteiger partial charge < -0.3 is 28.5 Å². The van der Waals surface area contributed by atoms with Crippen molar-refractivity contribution < 1.29 is 33.4 Å². The van der Waals surface area contributed by atoms with Crippen LogP contribution in [-0.4, -0.2) is 38.5 Å². The van der Waals surface area contributed by atoms with Crippen LogP contribution in [0.25, 0.3) is 22.1 Å². The third kappa shape index (κ3) is 3.04. The monoisotopic (exact) mass is 403 g/mol. The minimum Gasteiger partial charge on any atom is -0.504 e. The van der Waals surface area contributed by atoms with Gasteiger partial charge in [-0.3, -0.25) is 14.9 Å². The second-order valence-corrected chi connectivity index (χ2v) is 5.77. The van der Waals surface area contributed by atoms with Crippen molar-refractivity contribution in [1.82, 2.24) is 0 Å². The molecule has 10 nitrogen and oxygen atoms in total. The van der Waals surface area contributed by atoms with E-state index in [0.29, 0.717) is 0 Å². The van der Waals surface area contributed by atoms with Crippen molar-refractivity contribution in [2.24, 2.45) is 0 Å². The predicted molar refractivity (Wildman–Crippen MR) is 102 cm³/mol. The molecule has 3 aromatic rings. The van der Waals surface area contributed by atoms with E-state index in [2.05, 4.69) is 0 Å². The minimum atomic E-state index is -0.637. The zero-order valence-corrected chi connectivity index (χ0v) is 16.0. The Bertz CT molecular complexity index is 1170. The predicted octanol–water partition coefficient (Wildman–Crippen LogP) is 3.11. The van der Waals surface area contributed by atoms with Gasteiger partial charge in [0.1, 0.15) is 11.6 Å². The van der Waals surface area contributed by atoms with E-state index >= 15 is 0 Å². The normalized spacial score (nSPS) is 10.6. The van der Waals surface area contributed by atoms with Crippen molar-refractivity contribution in [1.29, 1.82) is 0 Å². The molecule has 0 amide bonds. The first-order valence-corrected chi connectivity index (χ1v) is 8.18. The first-order chi connectivity index (χ1) is 13.9. The third-order valence-corrected chi connectivity index (χ3v) is 4.36. The number of rotatable bonds is 6. The standard InChI is InChI=1S/C19H17NO9/c1-25-12-6-5-9(7-11(12)20(23)24)10-8-29-16-13(14(10)21)15(22)17(26-2)19(28-4)18(16)27-3/h5-8,22H,1-4H3. The lowest BCUT2D eigenvalue weighted by Gasteiger charge is -2.15. The van der Waals surface area contributed by atoms with Gasteiger partial charge in [0.15, 0.2) is 17.1 Å². The topological polar surface area (TPSA) is 131 Å². The minimum absolute atomic E-state index is 0.00664. The number of benzene rings is 2. The maximum Gasteiger partial charge on any atom is 0.311 e. The van der Waals surface area contributed by atoms with Crippen LogP contribution in [0.2, 0.25) is 0 Å². The van der Waals surface area contributed by atoms with Crippen LogP contribution in [0.1, 0.15) is 0 Å². The second kappa shape index (κ2) is 7.58. The lowest BCUT2D eigenvalue weighted by atomic mass is 10.0. The summed E-state index contributed by atoms with van der Waals surface area (Å²) in [6.07, 6.45) is 1.13. The number of nitro groups is 1. The van der Waals surface area contributed by atoms with Crippen LogP contribution in [0.4, 0.5) is 5.69 Å². The maximum absolute atomic E-state index is 13.1. The average molecular weight is 403 g/mol. The molecule has 0 aliphatic rings. The number of phenols is 1. The Kier molecular flexibility index (Phi) is 5.18. The van der Waals surface area contributed by atoms with Gasteiger partial charge in [-0.2, -0.15) is 0 Å². The Morgan fingerprint density at radius 2 is 1.66 bits per heavy atom. The van der Waals surface area contributed by atoms with Crippen molar-refractivity contribution in [2.45, 2.75) is 0 Å². The van der Waals surface area contributed by atoms with Crippen molar-refractivity contribution in [3.05, 3.63) is 44.8 Å². The van der Waals surface area contributed by atoms with Gasteiger partial charge in [0, 0.05) is 6.07 Å². The van der Waals surface area contributed by atoms with Gasteiger partial charge in [0.05, 0.1) is 38.9 Å². The lowest BCUT2D eigenvalue weighted by Crippen LogP contribution is -2.08. The van der Waals surface area contributed by atoms with Gasteiger partial charge >= 0.3 is 5.69 Å². The molecule has 10 heteroatoms. The highest BCUT2D eigenvalue weighted by Gasteiger charge is 2.27.